The molecule has 1 atom stereocenters. The van der Waals surface area contributed by atoms with Crippen molar-refractivity contribution < 1.29 is 4.79 Å². The Morgan fingerprint density at radius 2 is 2.25 bits per heavy atom. The summed E-state index contributed by atoms with van der Waals surface area (Å²) in [5, 5.41) is 4.85. The number of hydrogen-bond donors (Lipinski definition) is 1. The van der Waals surface area contributed by atoms with E-state index in [1.54, 1.807) is 11.3 Å². The fourth-order valence-corrected chi connectivity index (χ4v) is 2.34. The Labute approximate surface area is 105 Å². The predicted octanol–water partition coefficient (Wildman–Crippen LogP) is 2.86. The van der Waals surface area contributed by atoms with Gasteiger partial charge >= 0.3 is 0 Å². The molecule has 0 aliphatic carbocycles. The molecule has 90 valence electrons. The fourth-order valence-electron chi connectivity index (χ4n) is 1.15. The smallest absolute Gasteiger partial charge is 0.244 e. The lowest BCUT2D eigenvalue weighted by molar-refractivity contribution is -0.120. The van der Waals surface area contributed by atoms with E-state index >= 15 is 0 Å². The van der Waals surface area contributed by atoms with Crippen LogP contribution in [0.15, 0.2) is 5.38 Å². The molecule has 5 heteroatoms. The van der Waals surface area contributed by atoms with Crippen LogP contribution in [0.2, 0.25) is 0 Å². The summed E-state index contributed by atoms with van der Waals surface area (Å²) in [6, 6.07) is 0. The molecular weight excluding hydrogens is 244 g/mol. The molecule has 1 aromatic heterocycles. The zero-order valence-corrected chi connectivity index (χ0v) is 11.6. The van der Waals surface area contributed by atoms with Gasteiger partial charge in [-0.25, -0.2) is 4.98 Å². The summed E-state index contributed by atoms with van der Waals surface area (Å²) < 4.78 is 0. The molecular formula is C11H17ClN2OS. The highest BCUT2D eigenvalue weighted by atomic mass is 35.5. The quantitative estimate of drug-likeness (QED) is 0.850. The van der Waals surface area contributed by atoms with Crippen molar-refractivity contribution in [2.75, 3.05) is 6.54 Å². The normalized spacial score (nSPS) is 13.6. The van der Waals surface area contributed by atoms with Crippen LogP contribution in [0.5, 0.6) is 0 Å². The molecule has 0 saturated heterocycles. The number of nitrogens with zero attached hydrogens (tertiary/aromatic N) is 1. The number of carbonyl (C=O) groups excluding carboxylic acids is 1. The minimum atomic E-state index is -0.688. The SMILES string of the molecule is CCNC(=O)C(Cl)c1csc(C(C)(C)C)n1. The number of nitrogens with one attached hydrogen (secondary N) is 1. The molecule has 1 amide bonds. The molecule has 0 aliphatic rings. The van der Waals surface area contributed by atoms with Crippen molar-refractivity contribution >= 4 is 28.8 Å². The van der Waals surface area contributed by atoms with Crippen molar-refractivity contribution in [3.8, 4) is 0 Å². The topological polar surface area (TPSA) is 42.0 Å². The van der Waals surface area contributed by atoms with Crippen molar-refractivity contribution in [3.63, 3.8) is 0 Å². The zero-order valence-electron chi connectivity index (χ0n) is 10.0. The number of carbonyl (C=O) groups is 1. The lowest BCUT2D eigenvalue weighted by Crippen LogP contribution is -2.26. The van der Waals surface area contributed by atoms with Gasteiger partial charge in [-0.15, -0.1) is 22.9 Å². The van der Waals surface area contributed by atoms with Crippen LogP contribution >= 0.6 is 22.9 Å². The number of thiazole rings is 1. The molecule has 1 rings (SSSR count). The van der Waals surface area contributed by atoms with Gasteiger partial charge in [0, 0.05) is 17.3 Å². The van der Waals surface area contributed by atoms with E-state index in [-0.39, 0.29) is 11.3 Å². The largest absolute Gasteiger partial charge is 0.355 e. The maximum Gasteiger partial charge on any atom is 0.244 e. The van der Waals surface area contributed by atoms with Gasteiger partial charge in [-0.1, -0.05) is 20.8 Å². The highest BCUT2D eigenvalue weighted by Gasteiger charge is 2.23. The minimum absolute atomic E-state index is 0.000752. The van der Waals surface area contributed by atoms with E-state index in [1.807, 2.05) is 12.3 Å². The van der Waals surface area contributed by atoms with Gasteiger partial charge in [-0.2, -0.15) is 0 Å². The average Bonchev–Trinajstić information content (AvgIpc) is 2.65. The first-order chi connectivity index (χ1) is 7.36. The van der Waals surface area contributed by atoms with Gasteiger partial charge in [0.15, 0.2) is 5.38 Å². The van der Waals surface area contributed by atoms with E-state index in [2.05, 4.69) is 31.1 Å². The van der Waals surface area contributed by atoms with Gasteiger partial charge in [0.2, 0.25) is 5.91 Å². The molecule has 0 fully saturated rings. The van der Waals surface area contributed by atoms with Crippen molar-refractivity contribution in [1.82, 2.24) is 10.3 Å². The van der Waals surface area contributed by atoms with Gasteiger partial charge in [0.05, 0.1) is 10.7 Å². The molecule has 1 unspecified atom stereocenters. The van der Waals surface area contributed by atoms with Crippen LogP contribution in [0, 0.1) is 0 Å². The maximum atomic E-state index is 11.5. The third-order valence-electron chi connectivity index (χ3n) is 2.00. The van der Waals surface area contributed by atoms with Gasteiger partial charge in [-0.05, 0) is 6.92 Å². The highest BCUT2D eigenvalue weighted by molar-refractivity contribution is 7.09. The van der Waals surface area contributed by atoms with E-state index in [1.165, 1.54) is 0 Å². The Balaban J connectivity index is 2.82. The maximum absolute atomic E-state index is 11.5. The first kappa shape index (κ1) is 13.5. The van der Waals surface area contributed by atoms with E-state index < -0.39 is 5.38 Å². The number of likely N-dealkylation sites (N-methyl/N-ethyl adjacent to an activating group) is 1. The average molecular weight is 261 g/mol. The Bertz CT molecular complexity index is 370. The van der Waals surface area contributed by atoms with Crippen molar-refractivity contribution in [1.29, 1.82) is 0 Å². The Morgan fingerprint density at radius 1 is 1.62 bits per heavy atom. The molecule has 16 heavy (non-hydrogen) atoms. The molecule has 1 N–H and O–H groups in total. The minimum Gasteiger partial charge on any atom is -0.355 e. The third-order valence-corrected chi connectivity index (χ3v) is 3.71. The molecule has 3 nitrogen and oxygen atoms in total. The summed E-state index contributed by atoms with van der Waals surface area (Å²) in [5.74, 6) is -0.185. The first-order valence-corrected chi connectivity index (χ1v) is 6.55. The first-order valence-electron chi connectivity index (χ1n) is 5.24. The monoisotopic (exact) mass is 260 g/mol. The molecule has 1 aromatic rings. The molecule has 0 saturated carbocycles. The van der Waals surface area contributed by atoms with Crippen LogP contribution in [0.1, 0.15) is 43.8 Å². The number of aromatic nitrogens is 1. The van der Waals surface area contributed by atoms with E-state index in [0.29, 0.717) is 12.2 Å². The van der Waals surface area contributed by atoms with Gasteiger partial charge in [0.1, 0.15) is 0 Å². The van der Waals surface area contributed by atoms with Crippen LogP contribution in [-0.4, -0.2) is 17.4 Å². The highest BCUT2D eigenvalue weighted by Crippen LogP contribution is 2.29. The Morgan fingerprint density at radius 3 is 2.69 bits per heavy atom. The van der Waals surface area contributed by atoms with Crippen molar-refractivity contribution in [2.45, 2.75) is 38.5 Å². The number of rotatable bonds is 3. The second kappa shape index (κ2) is 5.15. The molecule has 0 aromatic carbocycles. The van der Waals surface area contributed by atoms with Crippen LogP contribution in [0.25, 0.3) is 0 Å². The molecule has 0 radical (unpaired) electrons. The molecule has 0 aliphatic heterocycles. The number of alkyl halides is 1. The lowest BCUT2D eigenvalue weighted by atomic mass is 9.98. The second-order valence-electron chi connectivity index (χ2n) is 4.58. The van der Waals surface area contributed by atoms with E-state index in [9.17, 15) is 4.79 Å². The second-order valence-corrected chi connectivity index (χ2v) is 5.88. The van der Waals surface area contributed by atoms with E-state index in [0.717, 1.165) is 5.01 Å². The summed E-state index contributed by atoms with van der Waals surface area (Å²) in [5.41, 5.74) is 0.642. The number of halogens is 1. The molecule has 0 bridgehead atoms. The zero-order chi connectivity index (χ0) is 12.3. The van der Waals surface area contributed by atoms with E-state index in [4.69, 9.17) is 11.6 Å². The number of amides is 1. The summed E-state index contributed by atoms with van der Waals surface area (Å²) in [7, 11) is 0. The van der Waals surface area contributed by atoms with Gasteiger partial charge < -0.3 is 5.32 Å². The fraction of sp³-hybridized carbons (Fsp3) is 0.636. The standard InChI is InChI=1S/C11H17ClN2OS/c1-5-13-9(15)8(12)7-6-16-10(14-7)11(2,3)4/h6,8H,5H2,1-4H3,(H,13,15). The van der Waals surface area contributed by atoms with Gasteiger partial charge in [-0.3, -0.25) is 4.79 Å². The summed E-state index contributed by atoms with van der Waals surface area (Å²) in [6.45, 7) is 8.71. The van der Waals surface area contributed by atoms with Crippen LogP contribution < -0.4 is 5.32 Å². The van der Waals surface area contributed by atoms with Crippen molar-refractivity contribution in [3.05, 3.63) is 16.1 Å². The predicted molar refractivity (Wildman–Crippen MR) is 68.1 cm³/mol. The summed E-state index contributed by atoms with van der Waals surface area (Å²) in [4.78, 5) is 15.9. The van der Waals surface area contributed by atoms with Gasteiger partial charge in [0.25, 0.3) is 0 Å². The molecule has 1 heterocycles. The summed E-state index contributed by atoms with van der Waals surface area (Å²) >= 11 is 7.58. The van der Waals surface area contributed by atoms with Crippen LogP contribution in [-0.2, 0) is 10.2 Å². The molecule has 0 spiro atoms. The number of hydrogen-bond acceptors (Lipinski definition) is 3. The third kappa shape index (κ3) is 3.19. The summed E-state index contributed by atoms with van der Waals surface area (Å²) in [6.07, 6.45) is 0. The van der Waals surface area contributed by atoms with Crippen LogP contribution in [0.3, 0.4) is 0 Å². The van der Waals surface area contributed by atoms with Crippen molar-refractivity contribution in [2.24, 2.45) is 0 Å². The lowest BCUT2D eigenvalue weighted by Gasteiger charge is -2.14. The Kier molecular flexibility index (Phi) is 4.33. The van der Waals surface area contributed by atoms with Crippen LogP contribution in [0.4, 0.5) is 0 Å². The Hall–Kier alpha value is -0.610.